The van der Waals surface area contributed by atoms with Crippen LogP contribution in [0.25, 0.3) is 0 Å². The van der Waals surface area contributed by atoms with Crippen molar-refractivity contribution in [2.75, 3.05) is 139 Å². The lowest BCUT2D eigenvalue weighted by Gasteiger charge is -2.33. The quantitative estimate of drug-likeness (QED) is 0.0494. The molecule has 1 aromatic carbocycles. The summed E-state index contributed by atoms with van der Waals surface area (Å²) in [5.74, 6) is 0. The highest BCUT2D eigenvalue weighted by molar-refractivity contribution is 7.16. The summed E-state index contributed by atoms with van der Waals surface area (Å²) in [6.45, 7) is 19.6. The van der Waals surface area contributed by atoms with Gasteiger partial charge in [0.15, 0.2) is 5.00 Å². The van der Waals surface area contributed by atoms with Gasteiger partial charge in [-0.25, -0.2) is 0 Å². The van der Waals surface area contributed by atoms with Crippen molar-refractivity contribution in [1.29, 1.82) is 10.5 Å². The van der Waals surface area contributed by atoms with Gasteiger partial charge in [0.25, 0.3) is 0 Å². The molecule has 0 saturated carbocycles. The number of quaternary nitrogens is 2. The molecule has 2 atom stereocenters. The van der Waals surface area contributed by atoms with E-state index in [1.54, 1.807) is 6.92 Å². The SMILES string of the molecule is Cc1cc(N(CC(COC(C)C)OCCOCCOCC[N+](C)(C)C)CC(COC(C)C)OCCOCC[N+](C)(C)C)ccc1/N=N/c1sc(C#N)c(C)c1C#N. The maximum absolute atomic E-state index is 9.68. The van der Waals surface area contributed by atoms with Crippen LogP contribution in [0.15, 0.2) is 28.4 Å². The smallest absolute Gasteiger partial charge is 0.158 e. The third-order valence-electron chi connectivity index (χ3n) is 8.56. The number of likely N-dealkylation sites (N-methyl/N-ethyl adjacent to an activating group) is 2. The molecule has 0 amide bonds. The van der Waals surface area contributed by atoms with Crippen LogP contribution >= 0.6 is 11.3 Å². The third-order valence-corrected chi connectivity index (χ3v) is 9.64. The summed E-state index contributed by atoms with van der Waals surface area (Å²) in [7, 11) is 12.9. The number of azo groups is 1. The standard InChI is InChI=1S/C42H71N7O7S/c1-32(2)55-30-37(53-23-21-51-18-16-49(10,11)12)28-47(29-38(31-56-33(3)4)54-24-22-52-20-19-50-17-15-48(7,8)9)36-13-14-40(34(5)25-36)45-46-42-39(26-43)35(6)41(27-44)57-42/h13-14,25,32-33,37-38H,15-24,28-31H2,1-12H3/q+2/b46-45+. The molecule has 0 aliphatic rings. The van der Waals surface area contributed by atoms with Gasteiger partial charge in [0, 0.05) is 18.8 Å². The predicted octanol–water partition coefficient (Wildman–Crippen LogP) is 6.41. The van der Waals surface area contributed by atoms with Crippen LogP contribution < -0.4 is 4.90 Å². The zero-order chi connectivity index (χ0) is 42.4. The van der Waals surface area contributed by atoms with Gasteiger partial charge in [-0.2, -0.15) is 10.5 Å². The molecule has 1 heterocycles. The molecule has 0 radical (unpaired) electrons. The van der Waals surface area contributed by atoms with Gasteiger partial charge in [0.05, 0.1) is 144 Å². The van der Waals surface area contributed by atoms with E-state index >= 15 is 0 Å². The number of nitrogens with zero attached hydrogens (tertiary/aromatic N) is 7. The van der Waals surface area contributed by atoms with E-state index in [0.29, 0.717) is 106 Å². The van der Waals surface area contributed by atoms with Gasteiger partial charge in [0.1, 0.15) is 30.1 Å². The summed E-state index contributed by atoms with van der Waals surface area (Å²) in [5, 5.41) is 28.5. The molecule has 0 bridgehead atoms. The van der Waals surface area contributed by atoms with E-state index < -0.39 is 0 Å². The monoisotopic (exact) mass is 818 g/mol. The highest BCUT2D eigenvalue weighted by atomic mass is 32.1. The minimum Gasteiger partial charge on any atom is -0.377 e. The largest absolute Gasteiger partial charge is 0.377 e. The molecule has 0 aliphatic carbocycles. The van der Waals surface area contributed by atoms with Crippen LogP contribution in [0.5, 0.6) is 0 Å². The number of benzene rings is 1. The van der Waals surface area contributed by atoms with E-state index in [1.807, 2.05) is 46.8 Å². The number of thiophene rings is 1. The van der Waals surface area contributed by atoms with E-state index in [9.17, 15) is 10.5 Å². The van der Waals surface area contributed by atoms with Crippen LogP contribution in [0.4, 0.5) is 16.4 Å². The summed E-state index contributed by atoms with van der Waals surface area (Å²) < 4.78 is 44.2. The molecule has 14 nitrogen and oxygen atoms in total. The Kier molecular flexibility index (Phi) is 23.0. The maximum atomic E-state index is 9.68. The first kappa shape index (κ1) is 50.1. The molecule has 0 saturated heterocycles. The maximum Gasteiger partial charge on any atom is 0.158 e. The van der Waals surface area contributed by atoms with Crippen LogP contribution in [0.3, 0.4) is 0 Å². The summed E-state index contributed by atoms with van der Waals surface area (Å²) in [5.41, 5.74) is 3.49. The van der Waals surface area contributed by atoms with E-state index in [2.05, 4.69) is 75.6 Å². The fourth-order valence-corrected chi connectivity index (χ4v) is 6.06. The Morgan fingerprint density at radius 3 is 1.60 bits per heavy atom. The molecular formula is C42H71N7O7S+2. The Hall–Kier alpha value is -3.06. The Labute approximate surface area is 347 Å². The molecule has 0 aliphatic heterocycles. The molecule has 0 N–H and O–H groups in total. The topological polar surface area (TPSA) is 140 Å². The number of rotatable bonds is 30. The van der Waals surface area contributed by atoms with Gasteiger partial charge >= 0.3 is 0 Å². The second-order valence-electron chi connectivity index (χ2n) is 16.7. The molecular weight excluding hydrogens is 747 g/mol. The second-order valence-corrected chi connectivity index (χ2v) is 17.6. The van der Waals surface area contributed by atoms with E-state index in [0.717, 1.165) is 33.3 Å². The number of nitriles is 2. The van der Waals surface area contributed by atoms with E-state index in [4.69, 9.17) is 33.2 Å². The second kappa shape index (κ2) is 26.1. The number of aryl methyl sites for hydroxylation is 1. The summed E-state index contributed by atoms with van der Waals surface area (Å²) in [6, 6.07) is 10.3. The number of anilines is 1. The number of hydrogen-bond donors (Lipinski definition) is 0. The zero-order valence-corrected chi connectivity index (χ0v) is 37.7. The summed E-state index contributed by atoms with van der Waals surface area (Å²) in [4.78, 5) is 2.70. The third kappa shape index (κ3) is 21.5. The Balaban J connectivity index is 2.30. The van der Waals surface area contributed by atoms with Gasteiger partial charge < -0.3 is 47.0 Å². The summed E-state index contributed by atoms with van der Waals surface area (Å²) in [6.07, 6.45) is -0.472. The van der Waals surface area contributed by atoms with E-state index in [1.165, 1.54) is 11.3 Å². The minimum absolute atomic E-state index is 0.0297. The Morgan fingerprint density at radius 1 is 0.667 bits per heavy atom. The van der Waals surface area contributed by atoms with Crippen LogP contribution in [0, 0.1) is 36.5 Å². The minimum atomic E-state index is -0.275. The molecule has 0 fully saturated rings. The summed E-state index contributed by atoms with van der Waals surface area (Å²) >= 11 is 1.17. The lowest BCUT2D eigenvalue weighted by Crippen LogP contribution is -2.44. The highest BCUT2D eigenvalue weighted by Crippen LogP contribution is 2.36. The van der Waals surface area contributed by atoms with Crippen molar-refractivity contribution in [3.05, 3.63) is 39.8 Å². The first-order valence-electron chi connectivity index (χ1n) is 19.9. The van der Waals surface area contributed by atoms with Gasteiger partial charge in [-0.3, -0.25) is 0 Å². The predicted molar refractivity (Wildman–Crippen MR) is 226 cm³/mol. The molecule has 2 unspecified atom stereocenters. The first-order chi connectivity index (χ1) is 26.9. The Bertz CT molecular complexity index is 1560. The molecule has 57 heavy (non-hydrogen) atoms. The lowest BCUT2D eigenvalue weighted by atomic mass is 10.1. The van der Waals surface area contributed by atoms with Crippen molar-refractivity contribution >= 4 is 27.7 Å². The van der Waals surface area contributed by atoms with E-state index in [-0.39, 0.29) is 24.4 Å². The molecule has 15 heteroatoms. The van der Waals surface area contributed by atoms with Crippen molar-refractivity contribution in [3.63, 3.8) is 0 Å². The highest BCUT2D eigenvalue weighted by Gasteiger charge is 2.23. The number of hydrogen-bond acceptors (Lipinski definition) is 13. The van der Waals surface area contributed by atoms with Crippen LogP contribution in [-0.2, 0) is 33.2 Å². The van der Waals surface area contributed by atoms with Crippen molar-refractivity contribution in [3.8, 4) is 12.1 Å². The normalized spacial score (nSPS) is 13.4. The first-order valence-corrected chi connectivity index (χ1v) is 20.8. The van der Waals surface area contributed by atoms with Gasteiger partial charge in [0.2, 0.25) is 0 Å². The van der Waals surface area contributed by atoms with Crippen molar-refractivity contribution < 1.29 is 42.1 Å². The van der Waals surface area contributed by atoms with Gasteiger partial charge in [-0.05, 0) is 70.9 Å². The Morgan fingerprint density at radius 2 is 1.16 bits per heavy atom. The molecule has 320 valence electrons. The lowest BCUT2D eigenvalue weighted by molar-refractivity contribution is -0.870. The molecule has 2 rings (SSSR count). The number of ether oxygens (including phenoxy) is 7. The van der Waals surface area contributed by atoms with Crippen LogP contribution in [-0.4, -0.2) is 168 Å². The molecule has 0 spiro atoms. The average Bonchev–Trinajstić information content (AvgIpc) is 3.44. The zero-order valence-electron chi connectivity index (χ0n) is 36.8. The van der Waals surface area contributed by atoms with Gasteiger partial charge in [-0.15, -0.1) is 21.6 Å². The fraction of sp³-hybridized carbons (Fsp3) is 0.714. The van der Waals surface area contributed by atoms with Crippen molar-refractivity contribution in [2.24, 2.45) is 10.2 Å². The average molecular weight is 818 g/mol. The fourth-order valence-electron chi connectivity index (χ4n) is 5.19. The molecule has 1 aromatic heterocycles. The van der Waals surface area contributed by atoms with Crippen LogP contribution in [0.1, 0.15) is 49.3 Å². The van der Waals surface area contributed by atoms with Crippen molar-refractivity contribution in [1.82, 2.24) is 0 Å². The van der Waals surface area contributed by atoms with Gasteiger partial charge in [-0.1, -0.05) is 0 Å². The molecule has 2 aromatic rings. The van der Waals surface area contributed by atoms with Crippen molar-refractivity contribution in [2.45, 2.75) is 66.0 Å². The van der Waals surface area contributed by atoms with Crippen LogP contribution in [0.2, 0.25) is 0 Å².